The van der Waals surface area contributed by atoms with E-state index in [1.165, 1.54) is 6.42 Å². The van der Waals surface area contributed by atoms with Gasteiger partial charge in [-0.05, 0) is 33.6 Å². The molecule has 5 heteroatoms. The molecule has 0 amide bonds. The molecule has 0 bridgehead atoms. The van der Waals surface area contributed by atoms with Crippen molar-refractivity contribution < 1.29 is 13.2 Å². The topological polar surface area (TPSA) is 77.2 Å². The maximum Gasteiger partial charge on any atom is 0.155 e. The monoisotopic (exact) mass is 289 g/mol. The number of hydrogen-bond donors (Lipinski definition) is 1. The molecule has 0 aromatic carbocycles. The molecule has 0 heterocycles. The highest BCUT2D eigenvalue weighted by atomic mass is 32.2. The average Bonchev–Trinajstić information content (AvgIpc) is 2.25. The second-order valence-electron chi connectivity index (χ2n) is 6.82. The lowest BCUT2D eigenvalue weighted by Gasteiger charge is -2.32. The highest BCUT2D eigenvalue weighted by Crippen LogP contribution is 2.29. The lowest BCUT2D eigenvalue weighted by Crippen LogP contribution is -2.44. The summed E-state index contributed by atoms with van der Waals surface area (Å²) in [6, 6.07) is 0. The number of hydrogen-bond acceptors (Lipinski definition) is 4. The summed E-state index contributed by atoms with van der Waals surface area (Å²) in [5.74, 6) is -0.0805. The molecule has 1 aliphatic rings. The molecule has 0 atom stereocenters. The van der Waals surface area contributed by atoms with Crippen molar-refractivity contribution in [3.63, 3.8) is 0 Å². The van der Waals surface area contributed by atoms with Crippen molar-refractivity contribution in [3.05, 3.63) is 0 Å². The van der Waals surface area contributed by atoms with Gasteiger partial charge in [0.05, 0.1) is 10.5 Å². The molecular weight excluding hydrogens is 262 g/mol. The molecule has 0 spiro atoms. The number of carbonyl (C=O) groups excluding carboxylic acids is 1. The number of ketones is 1. The third kappa shape index (κ3) is 4.88. The van der Waals surface area contributed by atoms with Crippen molar-refractivity contribution in [1.82, 2.24) is 0 Å². The Morgan fingerprint density at radius 3 is 2.16 bits per heavy atom. The first-order valence-corrected chi connectivity index (χ1v) is 8.74. The first kappa shape index (κ1) is 16.6. The first-order chi connectivity index (χ1) is 8.56. The molecule has 1 saturated carbocycles. The third-order valence-electron chi connectivity index (χ3n) is 3.98. The Kier molecular flexibility index (Phi) is 5.18. The maximum absolute atomic E-state index is 11.9. The van der Waals surface area contributed by atoms with E-state index in [0.29, 0.717) is 6.42 Å². The molecule has 0 radical (unpaired) electrons. The minimum absolute atomic E-state index is 0.0165. The first-order valence-electron chi connectivity index (χ1n) is 7.09. The largest absolute Gasteiger partial charge is 0.325 e. The average molecular weight is 289 g/mol. The van der Waals surface area contributed by atoms with Crippen LogP contribution in [0.2, 0.25) is 0 Å². The molecule has 0 aromatic heterocycles. The number of sulfone groups is 1. The van der Waals surface area contributed by atoms with Crippen molar-refractivity contribution in [3.8, 4) is 0 Å². The number of nitrogens with two attached hydrogens (primary N) is 1. The van der Waals surface area contributed by atoms with E-state index >= 15 is 0 Å². The Morgan fingerprint density at radius 1 is 1.16 bits per heavy atom. The highest BCUT2D eigenvalue weighted by Gasteiger charge is 2.32. The van der Waals surface area contributed by atoms with E-state index in [-0.39, 0.29) is 23.5 Å². The van der Waals surface area contributed by atoms with Gasteiger partial charge in [0.15, 0.2) is 9.84 Å². The van der Waals surface area contributed by atoms with Crippen LogP contribution in [0.1, 0.15) is 65.7 Å². The van der Waals surface area contributed by atoms with Gasteiger partial charge >= 0.3 is 0 Å². The summed E-state index contributed by atoms with van der Waals surface area (Å²) in [5.41, 5.74) is 5.83. The van der Waals surface area contributed by atoms with E-state index in [9.17, 15) is 13.2 Å². The maximum atomic E-state index is 11.9. The molecule has 0 saturated heterocycles. The van der Waals surface area contributed by atoms with Crippen LogP contribution in [0.5, 0.6) is 0 Å². The zero-order chi connectivity index (χ0) is 14.7. The predicted molar refractivity (Wildman–Crippen MR) is 77.8 cm³/mol. The van der Waals surface area contributed by atoms with Gasteiger partial charge in [0, 0.05) is 18.4 Å². The number of Topliss-reactive ketones (excluding diaryl/α,β-unsaturated/α-hetero) is 1. The summed E-state index contributed by atoms with van der Waals surface area (Å²) in [5, 5.41) is 0. The normalized spacial score (nSPS) is 20.2. The fourth-order valence-electron chi connectivity index (χ4n) is 2.47. The predicted octanol–water partition coefficient (Wildman–Crippen LogP) is 2.21. The molecule has 0 aliphatic heterocycles. The lowest BCUT2D eigenvalue weighted by molar-refractivity contribution is -0.120. The lowest BCUT2D eigenvalue weighted by atomic mass is 9.79. The van der Waals surface area contributed by atoms with Crippen LogP contribution in [0.25, 0.3) is 0 Å². The Morgan fingerprint density at radius 2 is 1.68 bits per heavy atom. The van der Waals surface area contributed by atoms with Gasteiger partial charge in [-0.25, -0.2) is 8.42 Å². The molecule has 112 valence electrons. The van der Waals surface area contributed by atoms with Crippen LogP contribution >= 0.6 is 0 Å². The highest BCUT2D eigenvalue weighted by molar-refractivity contribution is 7.92. The molecule has 2 N–H and O–H groups in total. The molecule has 4 nitrogen and oxygen atoms in total. The van der Waals surface area contributed by atoms with Crippen LogP contribution in [0.4, 0.5) is 0 Å². The van der Waals surface area contributed by atoms with Crippen LogP contribution < -0.4 is 5.73 Å². The molecule has 0 unspecified atom stereocenters. The summed E-state index contributed by atoms with van der Waals surface area (Å²) in [7, 11) is -3.22. The zero-order valence-electron chi connectivity index (χ0n) is 12.4. The van der Waals surface area contributed by atoms with Crippen LogP contribution in [-0.2, 0) is 14.6 Å². The van der Waals surface area contributed by atoms with E-state index in [1.54, 1.807) is 20.8 Å². The molecule has 0 aromatic rings. The zero-order valence-corrected chi connectivity index (χ0v) is 13.2. The van der Waals surface area contributed by atoms with Gasteiger partial charge < -0.3 is 5.73 Å². The third-order valence-corrected chi connectivity index (χ3v) is 6.59. The minimum Gasteiger partial charge on any atom is -0.325 e. The molecule has 1 fully saturated rings. The van der Waals surface area contributed by atoms with Gasteiger partial charge in [-0.15, -0.1) is 0 Å². The van der Waals surface area contributed by atoms with E-state index in [0.717, 1.165) is 25.7 Å². The van der Waals surface area contributed by atoms with Crippen LogP contribution in [0, 0.1) is 0 Å². The second kappa shape index (κ2) is 5.92. The summed E-state index contributed by atoms with van der Waals surface area (Å²) in [6.07, 6.45) is 5.51. The molecule has 19 heavy (non-hydrogen) atoms. The van der Waals surface area contributed by atoms with Crippen LogP contribution in [0.15, 0.2) is 0 Å². The Balaban J connectivity index is 2.48. The summed E-state index contributed by atoms with van der Waals surface area (Å²) in [6.45, 7) is 5.00. The second-order valence-corrected chi connectivity index (χ2v) is 9.68. The molecule has 1 rings (SSSR count). The van der Waals surface area contributed by atoms with Gasteiger partial charge in [-0.1, -0.05) is 19.3 Å². The Labute approximate surface area is 117 Å². The summed E-state index contributed by atoms with van der Waals surface area (Å²) < 4.78 is 23.1. The standard InChI is InChI=1S/C14H27NO3S/c1-13(2,3)19(17,18)10-7-12(16)11-14(15)8-5-4-6-9-14/h4-11,15H2,1-3H3. The summed E-state index contributed by atoms with van der Waals surface area (Å²) in [4.78, 5) is 11.9. The van der Waals surface area contributed by atoms with Gasteiger partial charge in [-0.3, -0.25) is 4.79 Å². The van der Waals surface area contributed by atoms with Gasteiger partial charge in [0.1, 0.15) is 5.78 Å². The quantitative estimate of drug-likeness (QED) is 0.841. The van der Waals surface area contributed by atoms with Crippen molar-refractivity contribution in [1.29, 1.82) is 0 Å². The number of carbonyl (C=O) groups is 1. The fourth-order valence-corrected chi connectivity index (χ4v) is 3.58. The van der Waals surface area contributed by atoms with E-state index in [2.05, 4.69) is 0 Å². The van der Waals surface area contributed by atoms with E-state index in [4.69, 9.17) is 5.73 Å². The fraction of sp³-hybridized carbons (Fsp3) is 0.929. The van der Waals surface area contributed by atoms with E-state index in [1.807, 2.05) is 0 Å². The molecular formula is C14H27NO3S. The Hall–Kier alpha value is -0.420. The minimum atomic E-state index is -3.22. The van der Waals surface area contributed by atoms with Gasteiger partial charge in [0.25, 0.3) is 0 Å². The van der Waals surface area contributed by atoms with Crippen molar-refractivity contribution in [2.24, 2.45) is 5.73 Å². The number of rotatable bonds is 5. The van der Waals surface area contributed by atoms with Crippen molar-refractivity contribution in [2.75, 3.05) is 5.75 Å². The van der Waals surface area contributed by atoms with Crippen molar-refractivity contribution >= 4 is 15.6 Å². The van der Waals surface area contributed by atoms with E-state index < -0.39 is 14.6 Å². The van der Waals surface area contributed by atoms with Gasteiger partial charge in [0.2, 0.25) is 0 Å². The smallest absolute Gasteiger partial charge is 0.155 e. The van der Waals surface area contributed by atoms with Crippen LogP contribution in [0.3, 0.4) is 0 Å². The van der Waals surface area contributed by atoms with Crippen molar-refractivity contribution in [2.45, 2.75) is 76.0 Å². The van der Waals surface area contributed by atoms with Gasteiger partial charge in [-0.2, -0.15) is 0 Å². The Bertz CT molecular complexity index is 414. The van der Waals surface area contributed by atoms with Crippen LogP contribution in [-0.4, -0.2) is 30.2 Å². The summed E-state index contributed by atoms with van der Waals surface area (Å²) >= 11 is 0. The molecule has 1 aliphatic carbocycles. The SMILES string of the molecule is CC(C)(C)S(=O)(=O)CCC(=O)CC1(N)CCCCC1.